The lowest BCUT2D eigenvalue weighted by atomic mass is 9.85. The summed E-state index contributed by atoms with van der Waals surface area (Å²) in [5.41, 5.74) is 7.68. The van der Waals surface area contributed by atoms with Crippen molar-refractivity contribution in [2.75, 3.05) is 51.2 Å². The van der Waals surface area contributed by atoms with Gasteiger partial charge in [-0.05, 0) is 118 Å². The standard InChI is InChI=1S/C55H73ClN9O6PS/c1-35-31-43(61-54-57-33-41(56)51(63-54)60-42-19-16-17-21-46(42)72(9,10)70)45(71-8)32-40(35)28-30-64(7)48(67)23-15-13-11-12-14-22-47(66)62-50(55(4,5)6)53(69)65-29-18-20-44(65)52(68)59-36(2)38-24-26-39(27-25-38)49-37(3)58-34-73-49/h16-17,19,21,24-27,31-34,36,44,50H,11-15,18,20,22-23,28-30H2,1-10H3,(H,59,68)(H,62,66)(H2,57,60,61,63)/t36-,44-,50+/m0/s1. The molecule has 1 aliphatic heterocycles. The number of nitrogens with zero attached hydrogens (tertiary/aromatic N) is 5. The van der Waals surface area contributed by atoms with Crippen LogP contribution in [0.1, 0.15) is 114 Å². The van der Waals surface area contributed by atoms with E-state index >= 15 is 0 Å². The highest BCUT2D eigenvalue weighted by Gasteiger charge is 2.42. The summed E-state index contributed by atoms with van der Waals surface area (Å²) in [5.74, 6) is 0.725. The Kier molecular flexibility index (Phi) is 19.7. The number of carbonyl (C=O) groups excluding carboxylic acids is 4. The molecule has 4 amide bonds. The number of nitrogens with one attached hydrogen (secondary N) is 4. The van der Waals surface area contributed by atoms with Gasteiger partial charge < -0.3 is 40.4 Å². The molecule has 1 aliphatic rings. The van der Waals surface area contributed by atoms with E-state index in [-0.39, 0.29) is 36.1 Å². The Balaban J connectivity index is 0.902. The van der Waals surface area contributed by atoms with Crippen molar-refractivity contribution >= 4 is 82.2 Å². The summed E-state index contributed by atoms with van der Waals surface area (Å²) < 4.78 is 18.7. The molecule has 0 spiro atoms. The molecule has 5 aromatic rings. The highest BCUT2D eigenvalue weighted by molar-refractivity contribution is 7.70. The molecule has 0 aliphatic carbocycles. The molecule has 0 radical (unpaired) electrons. The second-order valence-corrected chi connectivity index (χ2v) is 24.9. The number of likely N-dealkylation sites (tertiary alicyclic amines) is 1. The van der Waals surface area contributed by atoms with Gasteiger partial charge in [0, 0.05) is 38.3 Å². The van der Waals surface area contributed by atoms with Gasteiger partial charge in [-0.1, -0.05) is 88.0 Å². The van der Waals surface area contributed by atoms with E-state index in [1.807, 2.05) is 115 Å². The van der Waals surface area contributed by atoms with E-state index in [1.54, 1.807) is 41.6 Å². The molecule has 4 N–H and O–H groups in total. The quantitative estimate of drug-likeness (QED) is 0.0360. The number of halogens is 1. The Morgan fingerprint density at radius 1 is 0.932 bits per heavy atom. The molecule has 0 bridgehead atoms. The van der Waals surface area contributed by atoms with Crippen LogP contribution in [-0.4, -0.2) is 101 Å². The first kappa shape index (κ1) is 56.5. The van der Waals surface area contributed by atoms with Gasteiger partial charge in [-0.3, -0.25) is 19.2 Å². The van der Waals surface area contributed by atoms with E-state index in [0.717, 1.165) is 58.5 Å². The number of hydrogen-bond donors (Lipinski definition) is 4. The highest BCUT2D eigenvalue weighted by Crippen LogP contribution is 2.39. The van der Waals surface area contributed by atoms with Gasteiger partial charge in [-0.25, -0.2) is 9.97 Å². The second kappa shape index (κ2) is 25.4. The zero-order valence-corrected chi connectivity index (χ0v) is 46.5. The molecule has 2 aromatic heterocycles. The minimum atomic E-state index is -2.58. The Bertz CT molecular complexity index is 2780. The zero-order chi connectivity index (χ0) is 53.0. The molecule has 18 heteroatoms. The minimum absolute atomic E-state index is 0.0768. The average Bonchev–Trinajstić information content (AvgIpc) is 4.02. The molecule has 392 valence electrons. The number of hydrogen-bond acceptors (Lipinski definition) is 12. The summed E-state index contributed by atoms with van der Waals surface area (Å²) in [6.07, 6.45) is 8.14. The number of rotatable bonds is 23. The molecule has 1 saturated heterocycles. The van der Waals surface area contributed by atoms with E-state index in [9.17, 15) is 23.7 Å². The summed E-state index contributed by atoms with van der Waals surface area (Å²) in [4.78, 5) is 72.1. The predicted molar refractivity (Wildman–Crippen MR) is 295 cm³/mol. The van der Waals surface area contributed by atoms with E-state index < -0.39 is 24.6 Å². The van der Waals surface area contributed by atoms with Crippen molar-refractivity contribution in [3.05, 3.63) is 99.8 Å². The van der Waals surface area contributed by atoms with Crippen LogP contribution in [0.15, 0.2) is 72.4 Å². The van der Waals surface area contributed by atoms with Gasteiger partial charge in [0.1, 0.15) is 30.0 Å². The van der Waals surface area contributed by atoms with Gasteiger partial charge in [0.25, 0.3) is 0 Å². The number of carbonyl (C=O) groups is 4. The van der Waals surface area contributed by atoms with Gasteiger partial charge in [0.2, 0.25) is 29.6 Å². The van der Waals surface area contributed by atoms with Crippen molar-refractivity contribution < 1.29 is 28.5 Å². The molecular weight excluding hydrogens is 981 g/mol. The average molecular weight is 1050 g/mol. The maximum absolute atomic E-state index is 14.1. The van der Waals surface area contributed by atoms with Gasteiger partial charge >= 0.3 is 0 Å². The van der Waals surface area contributed by atoms with Crippen molar-refractivity contribution in [2.24, 2.45) is 5.41 Å². The van der Waals surface area contributed by atoms with Crippen LogP contribution < -0.4 is 31.3 Å². The van der Waals surface area contributed by atoms with E-state index in [0.29, 0.717) is 84.4 Å². The molecule has 0 saturated carbocycles. The van der Waals surface area contributed by atoms with E-state index in [2.05, 4.69) is 36.2 Å². The number of methoxy groups -OCH3 is 1. The normalized spacial score (nSPS) is 14.6. The number of aromatic nitrogens is 3. The van der Waals surface area contributed by atoms with Crippen LogP contribution in [0.4, 0.5) is 23.1 Å². The third-order valence-electron chi connectivity index (χ3n) is 13.4. The zero-order valence-electron chi connectivity index (χ0n) is 44.1. The van der Waals surface area contributed by atoms with Crippen molar-refractivity contribution in [1.29, 1.82) is 0 Å². The fraction of sp³-hybridized carbons (Fsp3) is 0.473. The lowest BCUT2D eigenvalue weighted by Crippen LogP contribution is -2.57. The van der Waals surface area contributed by atoms with Gasteiger partial charge in [0.15, 0.2) is 5.82 Å². The number of para-hydroxylation sites is 1. The number of anilines is 4. The summed E-state index contributed by atoms with van der Waals surface area (Å²) in [5, 5.41) is 13.6. The summed E-state index contributed by atoms with van der Waals surface area (Å²) in [6.45, 7) is 16.2. The Labute approximate surface area is 440 Å². The van der Waals surface area contributed by atoms with Crippen molar-refractivity contribution in [1.82, 2.24) is 35.4 Å². The molecule has 1 fully saturated rings. The number of amides is 4. The number of thiazole rings is 1. The largest absolute Gasteiger partial charge is 0.495 e. The third-order valence-corrected chi connectivity index (χ3v) is 16.2. The molecule has 0 unspecified atom stereocenters. The fourth-order valence-electron chi connectivity index (χ4n) is 9.02. The molecule has 3 atom stereocenters. The van der Waals surface area contributed by atoms with Crippen molar-refractivity contribution in [3.8, 4) is 16.2 Å². The van der Waals surface area contributed by atoms with Crippen LogP contribution >= 0.6 is 30.1 Å². The van der Waals surface area contributed by atoms with Gasteiger partial charge in [0.05, 0.1) is 46.8 Å². The first-order valence-corrected chi connectivity index (χ1v) is 29.0. The fourth-order valence-corrected chi connectivity index (χ4v) is 11.1. The minimum Gasteiger partial charge on any atom is -0.495 e. The molecule has 3 aromatic carbocycles. The lowest BCUT2D eigenvalue weighted by molar-refractivity contribution is -0.144. The van der Waals surface area contributed by atoms with Crippen molar-refractivity contribution in [3.63, 3.8) is 0 Å². The first-order chi connectivity index (χ1) is 34.6. The highest BCUT2D eigenvalue weighted by atomic mass is 35.5. The Morgan fingerprint density at radius 3 is 2.30 bits per heavy atom. The van der Waals surface area contributed by atoms with Crippen LogP contribution in [0.25, 0.3) is 10.4 Å². The topological polar surface area (TPSA) is 188 Å². The number of unbranched alkanes of at least 4 members (excludes halogenated alkanes) is 4. The molecule has 15 nitrogen and oxygen atoms in total. The first-order valence-electron chi connectivity index (χ1n) is 25.2. The lowest BCUT2D eigenvalue weighted by Gasteiger charge is -2.35. The van der Waals surface area contributed by atoms with E-state index in [1.165, 1.54) is 6.20 Å². The van der Waals surface area contributed by atoms with Crippen LogP contribution in [0, 0.1) is 19.3 Å². The molecule has 3 heterocycles. The van der Waals surface area contributed by atoms with Crippen molar-refractivity contribution in [2.45, 2.75) is 124 Å². The second-order valence-electron chi connectivity index (χ2n) is 20.5. The maximum atomic E-state index is 14.1. The predicted octanol–water partition coefficient (Wildman–Crippen LogP) is 10.7. The Morgan fingerprint density at radius 2 is 1.63 bits per heavy atom. The maximum Gasteiger partial charge on any atom is 0.246 e. The molecule has 6 rings (SSSR count). The van der Waals surface area contributed by atoms with Gasteiger partial charge in [-0.2, -0.15) is 4.98 Å². The summed E-state index contributed by atoms with van der Waals surface area (Å²) >= 11 is 8.08. The SMILES string of the molecule is COc1cc(CCN(C)C(=O)CCCCCCCC(=O)N[C@H](C(=O)N2CCC[C@H]2C(=O)N[C@@H](C)c2ccc(-c3scnc3C)cc2)C(C)(C)C)c(C)cc1Nc1ncc(Cl)c(Nc2ccccc2P(C)(C)=O)n1. The van der Waals surface area contributed by atoms with Crippen LogP contribution in [0.3, 0.4) is 0 Å². The number of ether oxygens (including phenoxy) is 1. The monoisotopic (exact) mass is 1050 g/mol. The number of aryl methyl sites for hydroxylation is 2. The van der Waals surface area contributed by atoms with E-state index in [4.69, 9.17) is 16.3 Å². The number of benzene rings is 3. The van der Waals surface area contributed by atoms with Gasteiger partial charge in [-0.15, -0.1) is 11.3 Å². The summed E-state index contributed by atoms with van der Waals surface area (Å²) in [7, 11) is 0.842. The summed E-state index contributed by atoms with van der Waals surface area (Å²) in [6, 6.07) is 17.8. The number of likely N-dealkylation sites (N-methyl/N-ethyl adjacent to an activating group) is 1. The van der Waals surface area contributed by atoms with Crippen LogP contribution in [0.2, 0.25) is 5.02 Å². The molecular formula is C55H73ClN9O6PS. The third kappa shape index (κ3) is 15.4. The Hall–Kier alpha value is -5.83. The van der Waals surface area contributed by atoms with Crippen LogP contribution in [-0.2, 0) is 30.2 Å². The van der Waals surface area contributed by atoms with Crippen LogP contribution in [0.5, 0.6) is 5.75 Å². The molecule has 73 heavy (non-hydrogen) atoms. The smallest absolute Gasteiger partial charge is 0.246 e.